The van der Waals surface area contributed by atoms with Gasteiger partial charge in [-0.15, -0.1) is 0 Å². The largest absolute Gasteiger partial charge is 0.438 e. The summed E-state index contributed by atoms with van der Waals surface area (Å²) >= 11 is 0. The molecule has 0 aliphatic heterocycles. The number of ether oxygens (including phenoxy) is 2. The van der Waals surface area contributed by atoms with E-state index >= 15 is 0 Å². The normalized spacial score (nSPS) is 11.9. The Morgan fingerprint density at radius 3 is 2.26 bits per heavy atom. The fourth-order valence-corrected chi connectivity index (χ4v) is 3.32. The van der Waals surface area contributed by atoms with Crippen molar-refractivity contribution in [2.45, 2.75) is 17.7 Å². The number of nitrogens with one attached hydrogen (secondary N) is 1. The highest BCUT2D eigenvalue weighted by atomic mass is 32.2. The summed E-state index contributed by atoms with van der Waals surface area (Å²) in [5, 5.41) is 2.31. The van der Waals surface area contributed by atoms with E-state index in [1.807, 2.05) is 0 Å². The number of hydrogen-bond acceptors (Lipinski definition) is 6. The van der Waals surface area contributed by atoms with Crippen molar-refractivity contribution in [3.63, 3.8) is 0 Å². The molecule has 3 rings (SSSR count). The first-order valence-corrected chi connectivity index (χ1v) is 11.1. The lowest BCUT2D eigenvalue weighted by Crippen LogP contribution is -2.16. The van der Waals surface area contributed by atoms with Crippen LogP contribution in [0.15, 0.2) is 65.7 Å². The standard InChI is InChI=1S/C21H15F5N2O5S/c1-34(30,31)16-4-2-3-13(10-16)28-18(29)17-9-12(21(24,25)26)11-27-19(17)32-14-5-7-15(8-6-14)33-20(22)23/h2-11,20H,1H3,(H,28,29). The molecule has 0 fully saturated rings. The maximum atomic E-state index is 13.2. The van der Waals surface area contributed by atoms with Crippen LogP contribution in [0.25, 0.3) is 0 Å². The Morgan fingerprint density at radius 1 is 1.03 bits per heavy atom. The van der Waals surface area contributed by atoms with Gasteiger partial charge in [0, 0.05) is 18.1 Å². The van der Waals surface area contributed by atoms with Crippen LogP contribution in [0.2, 0.25) is 0 Å². The van der Waals surface area contributed by atoms with Gasteiger partial charge in [-0.2, -0.15) is 22.0 Å². The van der Waals surface area contributed by atoms with E-state index in [0.717, 1.165) is 24.5 Å². The van der Waals surface area contributed by atoms with Crippen molar-refractivity contribution in [2.24, 2.45) is 0 Å². The van der Waals surface area contributed by atoms with Crippen molar-refractivity contribution in [3.05, 3.63) is 71.9 Å². The highest BCUT2D eigenvalue weighted by Crippen LogP contribution is 2.33. The van der Waals surface area contributed by atoms with E-state index in [1.54, 1.807) is 0 Å². The number of benzene rings is 2. The summed E-state index contributed by atoms with van der Waals surface area (Å²) in [5.74, 6) is -1.78. The average molecular weight is 502 g/mol. The van der Waals surface area contributed by atoms with Crippen LogP contribution in [0.1, 0.15) is 15.9 Å². The molecule has 0 saturated heterocycles. The summed E-state index contributed by atoms with van der Waals surface area (Å²) in [6.07, 6.45) is -3.40. The fourth-order valence-electron chi connectivity index (χ4n) is 2.65. The molecule has 1 amide bonds. The van der Waals surface area contributed by atoms with E-state index in [-0.39, 0.29) is 22.1 Å². The highest BCUT2D eigenvalue weighted by molar-refractivity contribution is 7.90. The molecule has 0 aliphatic rings. The van der Waals surface area contributed by atoms with Gasteiger partial charge in [-0.05, 0) is 48.5 Å². The number of pyridine rings is 1. The summed E-state index contributed by atoms with van der Waals surface area (Å²) < 4.78 is 97.2. The first-order chi connectivity index (χ1) is 15.8. The van der Waals surface area contributed by atoms with Crippen molar-refractivity contribution >= 4 is 21.4 Å². The highest BCUT2D eigenvalue weighted by Gasteiger charge is 2.33. The maximum Gasteiger partial charge on any atom is 0.417 e. The second-order valence-electron chi connectivity index (χ2n) is 6.78. The summed E-state index contributed by atoms with van der Waals surface area (Å²) in [6, 6.07) is 10.3. The predicted octanol–water partition coefficient (Wildman–Crippen LogP) is 5.15. The van der Waals surface area contributed by atoms with Crippen molar-refractivity contribution in [1.29, 1.82) is 0 Å². The number of aromatic nitrogens is 1. The van der Waals surface area contributed by atoms with Gasteiger partial charge in [0.1, 0.15) is 17.1 Å². The number of halogens is 5. The van der Waals surface area contributed by atoms with E-state index in [9.17, 15) is 35.2 Å². The molecular formula is C21H15F5N2O5S. The minimum absolute atomic E-state index is 0.00443. The van der Waals surface area contributed by atoms with Gasteiger partial charge in [-0.3, -0.25) is 4.79 Å². The lowest BCUT2D eigenvalue weighted by molar-refractivity contribution is -0.137. The molecule has 0 saturated carbocycles. The molecule has 1 heterocycles. The number of hydrogen-bond donors (Lipinski definition) is 1. The molecule has 13 heteroatoms. The average Bonchev–Trinajstić information content (AvgIpc) is 2.74. The second kappa shape index (κ2) is 9.63. The van der Waals surface area contributed by atoms with Gasteiger partial charge in [0.2, 0.25) is 5.88 Å². The number of anilines is 1. The molecule has 0 aliphatic carbocycles. The zero-order valence-corrected chi connectivity index (χ0v) is 18.0. The molecule has 3 aromatic rings. The van der Waals surface area contributed by atoms with Crippen LogP contribution in [0, 0.1) is 0 Å². The van der Waals surface area contributed by atoms with Crippen LogP contribution in [0.3, 0.4) is 0 Å². The first kappa shape index (κ1) is 24.9. The Hall–Kier alpha value is -3.74. The van der Waals surface area contributed by atoms with Crippen LogP contribution < -0.4 is 14.8 Å². The SMILES string of the molecule is CS(=O)(=O)c1cccc(NC(=O)c2cc(C(F)(F)F)cnc2Oc2ccc(OC(F)F)cc2)c1. The number of nitrogens with zero attached hydrogens (tertiary/aromatic N) is 1. The number of carbonyl (C=O) groups is 1. The molecule has 2 aromatic carbocycles. The number of sulfone groups is 1. The molecule has 1 aromatic heterocycles. The lowest BCUT2D eigenvalue weighted by Gasteiger charge is -2.14. The summed E-state index contributed by atoms with van der Waals surface area (Å²) in [4.78, 5) is 16.3. The fraction of sp³-hybridized carbons (Fsp3) is 0.143. The van der Waals surface area contributed by atoms with E-state index in [0.29, 0.717) is 12.3 Å². The number of rotatable bonds is 7. The third-order valence-electron chi connectivity index (χ3n) is 4.21. The molecule has 1 N–H and O–H groups in total. The van der Waals surface area contributed by atoms with Gasteiger partial charge < -0.3 is 14.8 Å². The van der Waals surface area contributed by atoms with Gasteiger partial charge in [-0.1, -0.05) is 6.07 Å². The van der Waals surface area contributed by atoms with Crippen molar-refractivity contribution in [1.82, 2.24) is 4.98 Å². The maximum absolute atomic E-state index is 13.2. The van der Waals surface area contributed by atoms with Crippen molar-refractivity contribution < 1.29 is 44.6 Å². The Balaban J connectivity index is 1.93. The first-order valence-electron chi connectivity index (χ1n) is 9.24. The van der Waals surface area contributed by atoms with E-state index in [1.165, 1.54) is 30.3 Å². The van der Waals surface area contributed by atoms with Crippen molar-refractivity contribution in [3.8, 4) is 17.4 Å². The molecular weight excluding hydrogens is 487 g/mol. The number of amides is 1. The minimum Gasteiger partial charge on any atom is -0.438 e. The molecule has 0 spiro atoms. The molecule has 7 nitrogen and oxygen atoms in total. The minimum atomic E-state index is -4.81. The monoisotopic (exact) mass is 502 g/mol. The Morgan fingerprint density at radius 2 is 1.68 bits per heavy atom. The number of carbonyl (C=O) groups excluding carboxylic acids is 1. The predicted molar refractivity (Wildman–Crippen MR) is 110 cm³/mol. The van der Waals surface area contributed by atoms with Crippen LogP contribution in [0.5, 0.6) is 17.4 Å². The Bertz CT molecular complexity index is 1300. The van der Waals surface area contributed by atoms with Crippen LogP contribution >= 0.6 is 0 Å². The van der Waals surface area contributed by atoms with Gasteiger partial charge in [-0.25, -0.2) is 13.4 Å². The summed E-state index contributed by atoms with van der Waals surface area (Å²) in [5.41, 5.74) is -1.83. The molecule has 0 bridgehead atoms. The van der Waals surface area contributed by atoms with Crippen LogP contribution in [-0.2, 0) is 16.0 Å². The zero-order chi connectivity index (χ0) is 25.1. The number of alkyl halides is 5. The molecule has 34 heavy (non-hydrogen) atoms. The third kappa shape index (κ3) is 6.41. The van der Waals surface area contributed by atoms with Gasteiger partial charge >= 0.3 is 12.8 Å². The second-order valence-corrected chi connectivity index (χ2v) is 8.80. The Kier molecular flexibility index (Phi) is 7.05. The zero-order valence-electron chi connectivity index (χ0n) is 17.1. The molecule has 0 radical (unpaired) electrons. The van der Waals surface area contributed by atoms with E-state index in [4.69, 9.17) is 4.74 Å². The van der Waals surface area contributed by atoms with Crippen LogP contribution in [-0.4, -0.2) is 32.2 Å². The van der Waals surface area contributed by atoms with E-state index in [2.05, 4.69) is 15.0 Å². The van der Waals surface area contributed by atoms with Crippen LogP contribution in [0.4, 0.5) is 27.6 Å². The van der Waals surface area contributed by atoms with E-state index < -0.39 is 45.5 Å². The van der Waals surface area contributed by atoms with Gasteiger partial charge in [0.15, 0.2) is 9.84 Å². The molecule has 0 atom stereocenters. The molecule has 180 valence electrons. The van der Waals surface area contributed by atoms with Gasteiger partial charge in [0.05, 0.1) is 10.5 Å². The quantitative estimate of drug-likeness (QED) is 0.449. The van der Waals surface area contributed by atoms with Gasteiger partial charge in [0.25, 0.3) is 5.91 Å². The van der Waals surface area contributed by atoms with Crippen molar-refractivity contribution in [2.75, 3.05) is 11.6 Å². The molecule has 0 unspecified atom stereocenters. The lowest BCUT2D eigenvalue weighted by atomic mass is 10.1. The topological polar surface area (TPSA) is 94.6 Å². The Labute approximate surface area is 190 Å². The smallest absolute Gasteiger partial charge is 0.417 e. The third-order valence-corrected chi connectivity index (χ3v) is 5.32. The summed E-state index contributed by atoms with van der Waals surface area (Å²) in [7, 11) is -3.61. The summed E-state index contributed by atoms with van der Waals surface area (Å²) in [6.45, 7) is -3.06.